The van der Waals surface area contributed by atoms with Crippen molar-refractivity contribution >= 4 is 5.69 Å². The van der Waals surface area contributed by atoms with Crippen LogP contribution in [0.2, 0.25) is 0 Å². The van der Waals surface area contributed by atoms with Gasteiger partial charge in [0.05, 0.1) is 25.1 Å². The molecule has 2 aliphatic heterocycles. The van der Waals surface area contributed by atoms with E-state index in [-0.39, 0.29) is 0 Å². The lowest BCUT2D eigenvalue weighted by atomic mass is 10.1. The van der Waals surface area contributed by atoms with Crippen LogP contribution in [0, 0.1) is 0 Å². The lowest BCUT2D eigenvalue weighted by Crippen LogP contribution is -2.31. The zero-order valence-corrected chi connectivity index (χ0v) is 14.0. The number of aromatic nitrogens is 3. The number of rotatable bonds is 6. The lowest BCUT2D eigenvalue weighted by Gasteiger charge is -2.30. The van der Waals surface area contributed by atoms with Crippen LogP contribution in [-0.4, -0.2) is 41.3 Å². The summed E-state index contributed by atoms with van der Waals surface area (Å²) >= 11 is 0. The number of hydrogen-bond acceptors (Lipinski definition) is 5. The maximum absolute atomic E-state index is 5.20. The van der Waals surface area contributed by atoms with E-state index in [1.54, 1.807) is 0 Å². The third-order valence-electron chi connectivity index (χ3n) is 4.86. The largest absolute Gasteiger partial charge is 0.377 e. The number of piperidine rings is 1. The Hall–Kier alpha value is -1.92. The molecule has 0 unspecified atom stereocenters. The van der Waals surface area contributed by atoms with E-state index in [1.165, 1.54) is 43.6 Å². The van der Waals surface area contributed by atoms with Gasteiger partial charge in [-0.25, -0.2) is 4.68 Å². The molecule has 2 saturated heterocycles. The fraction of sp³-hybridized carbons (Fsp3) is 0.556. The van der Waals surface area contributed by atoms with E-state index in [2.05, 4.69) is 44.8 Å². The molecule has 128 valence electrons. The summed E-state index contributed by atoms with van der Waals surface area (Å²) in [7, 11) is 0. The van der Waals surface area contributed by atoms with Gasteiger partial charge in [0.1, 0.15) is 6.04 Å². The predicted molar refractivity (Wildman–Crippen MR) is 92.9 cm³/mol. The first kappa shape index (κ1) is 15.6. The first-order valence-electron chi connectivity index (χ1n) is 8.92. The summed E-state index contributed by atoms with van der Waals surface area (Å²) in [6.07, 6.45) is 5.99. The minimum Gasteiger partial charge on any atom is -0.377 e. The van der Waals surface area contributed by atoms with Crippen molar-refractivity contribution in [1.82, 2.24) is 20.3 Å². The van der Waals surface area contributed by atoms with Crippen LogP contribution in [0.4, 0.5) is 5.69 Å². The molecule has 6 nitrogen and oxygen atoms in total. The third-order valence-corrected chi connectivity index (χ3v) is 4.86. The van der Waals surface area contributed by atoms with Gasteiger partial charge in [-0.05, 0) is 30.9 Å². The van der Waals surface area contributed by atoms with Crippen LogP contribution < -0.4 is 10.2 Å². The molecule has 1 aromatic heterocycles. The second kappa shape index (κ2) is 7.32. The highest BCUT2D eigenvalue weighted by Crippen LogP contribution is 2.24. The van der Waals surface area contributed by atoms with Crippen LogP contribution >= 0.6 is 0 Å². The molecule has 1 aromatic carbocycles. The molecule has 2 aliphatic rings. The van der Waals surface area contributed by atoms with Gasteiger partial charge in [0, 0.05) is 31.9 Å². The Balaban J connectivity index is 1.34. The topological polar surface area (TPSA) is 55.2 Å². The molecule has 24 heavy (non-hydrogen) atoms. The van der Waals surface area contributed by atoms with Gasteiger partial charge >= 0.3 is 0 Å². The van der Waals surface area contributed by atoms with Crippen molar-refractivity contribution in [3.63, 3.8) is 0 Å². The standard InChI is InChI=1S/C18H25N5O/c1-4-8-22(9-5-1)18-7-3-2-6-15(18)10-19-11-16-12-23(21-20-16)17-13-24-14-17/h2-3,6-7,12,17,19H,1,4-5,8-11,13-14H2. The van der Waals surface area contributed by atoms with Crippen molar-refractivity contribution in [2.75, 3.05) is 31.2 Å². The number of nitrogens with one attached hydrogen (secondary N) is 1. The summed E-state index contributed by atoms with van der Waals surface area (Å²) < 4.78 is 7.12. The molecular formula is C18H25N5O. The zero-order valence-electron chi connectivity index (χ0n) is 14.0. The first-order chi connectivity index (χ1) is 11.9. The highest BCUT2D eigenvalue weighted by molar-refractivity contribution is 5.53. The van der Waals surface area contributed by atoms with Crippen LogP contribution in [0.25, 0.3) is 0 Å². The minimum absolute atomic E-state index is 0.367. The minimum atomic E-state index is 0.367. The van der Waals surface area contributed by atoms with Crippen molar-refractivity contribution in [2.45, 2.75) is 38.4 Å². The molecule has 0 bridgehead atoms. The molecule has 0 aliphatic carbocycles. The maximum atomic E-state index is 5.20. The average Bonchev–Trinajstić information content (AvgIpc) is 3.03. The molecule has 0 atom stereocenters. The van der Waals surface area contributed by atoms with E-state index in [1.807, 2.05) is 10.9 Å². The summed E-state index contributed by atoms with van der Waals surface area (Å²) in [6, 6.07) is 9.09. The molecule has 0 spiro atoms. The van der Waals surface area contributed by atoms with E-state index in [4.69, 9.17) is 4.74 Å². The summed E-state index contributed by atoms with van der Waals surface area (Å²) in [5.74, 6) is 0. The Labute approximate surface area is 142 Å². The summed E-state index contributed by atoms with van der Waals surface area (Å²) in [5.41, 5.74) is 3.72. The Morgan fingerprint density at radius 1 is 1.08 bits per heavy atom. The third kappa shape index (κ3) is 3.44. The van der Waals surface area contributed by atoms with Crippen molar-refractivity contribution in [3.8, 4) is 0 Å². The molecule has 3 heterocycles. The molecule has 6 heteroatoms. The van der Waals surface area contributed by atoms with Crippen molar-refractivity contribution < 1.29 is 4.74 Å². The molecule has 0 radical (unpaired) electrons. The quantitative estimate of drug-likeness (QED) is 0.881. The number of para-hydroxylation sites is 1. The van der Waals surface area contributed by atoms with Crippen LogP contribution in [-0.2, 0) is 17.8 Å². The molecule has 1 N–H and O–H groups in total. The van der Waals surface area contributed by atoms with Crippen molar-refractivity contribution in [2.24, 2.45) is 0 Å². The number of ether oxygens (including phenoxy) is 1. The van der Waals surface area contributed by atoms with Gasteiger partial charge in [0.25, 0.3) is 0 Å². The Morgan fingerprint density at radius 3 is 2.71 bits per heavy atom. The molecule has 0 amide bonds. The van der Waals surface area contributed by atoms with Gasteiger partial charge in [-0.1, -0.05) is 23.4 Å². The number of anilines is 1. The fourth-order valence-corrected chi connectivity index (χ4v) is 3.38. The average molecular weight is 327 g/mol. The smallest absolute Gasteiger partial charge is 0.100 e. The van der Waals surface area contributed by atoms with Crippen LogP contribution in [0.1, 0.15) is 36.6 Å². The van der Waals surface area contributed by atoms with E-state index in [9.17, 15) is 0 Å². The normalized spacial score (nSPS) is 18.6. The van der Waals surface area contributed by atoms with Gasteiger partial charge < -0.3 is 15.0 Å². The predicted octanol–water partition coefficient (Wildman–Crippen LogP) is 2.13. The molecule has 0 saturated carbocycles. The summed E-state index contributed by atoms with van der Waals surface area (Å²) in [6.45, 7) is 5.44. The monoisotopic (exact) mass is 327 g/mol. The summed E-state index contributed by atoms with van der Waals surface area (Å²) in [5, 5.41) is 12.0. The van der Waals surface area contributed by atoms with E-state index in [0.717, 1.165) is 32.0 Å². The highest BCUT2D eigenvalue weighted by atomic mass is 16.5. The van der Waals surface area contributed by atoms with Gasteiger partial charge in [-0.2, -0.15) is 0 Å². The van der Waals surface area contributed by atoms with Crippen LogP contribution in [0.5, 0.6) is 0 Å². The van der Waals surface area contributed by atoms with Gasteiger partial charge in [0.2, 0.25) is 0 Å². The highest BCUT2D eigenvalue weighted by Gasteiger charge is 2.21. The number of hydrogen-bond donors (Lipinski definition) is 1. The van der Waals surface area contributed by atoms with Crippen molar-refractivity contribution in [1.29, 1.82) is 0 Å². The number of nitrogens with zero attached hydrogens (tertiary/aromatic N) is 4. The molecule has 2 fully saturated rings. The second-order valence-corrected chi connectivity index (χ2v) is 6.66. The van der Waals surface area contributed by atoms with E-state index >= 15 is 0 Å². The Kier molecular flexibility index (Phi) is 4.76. The van der Waals surface area contributed by atoms with Crippen LogP contribution in [0.15, 0.2) is 30.5 Å². The van der Waals surface area contributed by atoms with Gasteiger partial charge in [-0.15, -0.1) is 5.10 Å². The first-order valence-corrected chi connectivity index (χ1v) is 8.92. The van der Waals surface area contributed by atoms with Crippen LogP contribution in [0.3, 0.4) is 0 Å². The zero-order chi connectivity index (χ0) is 16.2. The SMILES string of the molecule is c1ccc(N2CCCCC2)c(CNCc2cn(C3COC3)nn2)c1. The molecule has 4 rings (SSSR count). The Morgan fingerprint density at radius 2 is 1.92 bits per heavy atom. The Bertz CT molecular complexity index is 661. The molecular weight excluding hydrogens is 302 g/mol. The fourth-order valence-electron chi connectivity index (χ4n) is 3.38. The van der Waals surface area contributed by atoms with Crippen molar-refractivity contribution in [3.05, 3.63) is 41.7 Å². The number of benzene rings is 1. The second-order valence-electron chi connectivity index (χ2n) is 6.66. The molecule has 2 aromatic rings. The lowest BCUT2D eigenvalue weighted by molar-refractivity contribution is -0.0293. The van der Waals surface area contributed by atoms with E-state index in [0.29, 0.717) is 6.04 Å². The maximum Gasteiger partial charge on any atom is 0.100 e. The van der Waals surface area contributed by atoms with E-state index < -0.39 is 0 Å². The van der Waals surface area contributed by atoms with Gasteiger partial charge in [0.15, 0.2) is 0 Å². The summed E-state index contributed by atoms with van der Waals surface area (Å²) in [4.78, 5) is 2.52. The van der Waals surface area contributed by atoms with Gasteiger partial charge in [-0.3, -0.25) is 0 Å².